The Morgan fingerprint density at radius 1 is 1.47 bits per heavy atom. The van der Waals surface area contributed by atoms with Gasteiger partial charge in [0.25, 0.3) is 5.91 Å². The zero-order chi connectivity index (χ0) is 12.3. The molecule has 0 unspecified atom stereocenters. The summed E-state index contributed by atoms with van der Waals surface area (Å²) < 4.78 is 0. The molecule has 4 heteroatoms. The van der Waals surface area contributed by atoms with Crippen LogP contribution in [0.1, 0.15) is 23.7 Å². The maximum atomic E-state index is 12.0. The second-order valence-corrected chi connectivity index (χ2v) is 4.01. The van der Waals surface area contributed by atoms with Gasteiger partial charge in [-0.05, 0) is 18.6 Å². The van der Waals surface area contributed by atoms with Crippen LogP contribution in [0.25, 0.3) is 10.9 Å². The van der Waals surface area contributed by atoms with Crippen molar-refractivity contribution >= 4 is 16.8 Å². The number of aliphatic hydroxyl groups excluding tert-OH is 1. The Bertz CT molecular complexity index is 515. The maximum Gasteiger partial charge on any atom is 0.253 e. The summed E-state index contributed by atoms with van der Waals surface area (Å²) in [5.74, 6) is -0.154. The first-order valence-electron chi connectivity index (χ1n) is 5.74. The summed E-state index contributed by atoms with van der Waals surface area (Å²) in [6, 6.07) is 7.32. The largest absolute Gasteiger partial charge is 0.394 e. The van der Waals surface area contributed by atoms with Crippen LogP contribution in [-0.4, -0.2) is 28.6 Å². The maximum absolute atomic E-state index is 12.0. The Labute approximate surface area is 99.7 Å². The van der Waals surface area contributed by atoms with Crippen molar-refractivity contribution in [2.24, 2.45) is 0 Å². The molecule has 0 spiro atoms. The van der Waals surface area contributed by atoms with E-state index in [1.165, 1.54) is 0 Å². The number of carbonyl (C=O) groups excluding carboxylic acids is 1. The van der Waals surface area contributed by atoms with Crippen LogP contribution in [0, 0.1) is 0 Å². The number of benzene rings is 1. The van der Waals surface area contributed by atoms with Gasteiger partial charge in [-0.1, -0.05) is 19.1 Å². The van der Waals surface area contributed by atoms with Gasteiger partial charge in [-0.15, -0.1) is 0 Å². The predicted octanol–water partition coefficient (Wildman–Crippen LogP) is 1.67. The first kappa shape index (κ1) is 11.7. The highest BCUT2D eigenvalue weighted by atomic mass is 16.3. The van der Waals surface area contributed by atoms with Crippen molar-refractivity contribution in [3.63, 3.8) is 0 Å². The number of para-hydroxylation sites is 1. The minimum atomic E-state index is -0.187. The molecule has 90 valence electrons. The molecule has 0 radical (unpaired) electrons. The van der Waals surface area contributed by atoms with Crippen LogP contribution in [0.5, 0.6) is 0 Å². The summed E-state index contributed by atoms with van der Waals surface area (Å²) in [5.41, 5.74) is 1.44. The van der Waals surface area contributed by atoms with E-state index in [9.17, 15) is 4.79 Å². The molecule has 2 aromatic rings. The second-order valence-electron chi connectivity index (χ2n) is 4.01. The number of aromatic nitrogens is 1. The summed E-state index contributed by atoms with van der Waals surface area (Å²) >= 11 is 0. The zero-order valence-corrected chi connectivity index (χ0v) is 9.73. The van der Waals surface area contributed by atoms with Crippen molar-refractivity contribution in [3.05, 3.63) is 36.0 Å². The number of amides is 1. The van der Waals surface area contributed by atoms with Crippen molar-refractivity contribution < 1.29 is 9.90 Å². The van der Waals surface area contributed by atoms with Crippen molar-refractivity contribution in [1.29, 1.82) is 0 Å². The molecule has 3 N–H and O–H groups in total. The van der Waals surface area contributed by atoms with E-state index in [0.29, 0.717) is 12.0 Å². The number of hydrogen-bond donors (Lipinski definition) is 3. The van der Waals surface area contributed by atoms with E-state index in [0.717, 1.165) is 10.9 Å². The van der Waals surface area contributed by atoms with Crippen LogP contribution >= 0.6 is 0 Å². The number of aromatic amines is 1. The molecule has 2 rings (SSSR count). The van der Waals surface area contributed by atoms with Crippen molar-refractivity contribution in [3.8, 4) is 0 Å². The Morgan fingerprint density at radius 3 is 3.00 bits per heavy atom. The van der Waals surface area contributed by atoms with Crippen LogP contribution in [0.15, 0.2) is 30.5 Å². The van der Waals surface area contributed by atoms with Crippen molar-refractivity contribution in [2.75, 3.05) is 6.61 Å². The van der Waals surface area contributed by atoms with Gasteiger partial charge in [-0.3, -0.25) is 4.79 Å². The van der Waals surface area contributed by atoms with Gasteiger partial charge in [-0.2, -0.15) is 0 Å². The SMILES string of the molecule is CC[C@@H](CO)NC(=O)c1cccc2cc[nH]c12. The van der Waals surface area contributed by atoms with Crippen LogP contribution in [0.4, 0.5) is 0 Å². The molecule has 0 aliphatic heterocycles. The Hall–Kier alpha value is -1.81. The minimum Gasteiger partial charge on any atom is -0.394 e. The summed E-state index contributed by atoms with van der Waals surface area (Å²) in [6.07, 6.45) is 2.52. The van der Waals surface area contributed by atoms with E-state index in [4.69, 9.17) is 5.11 Å². The van der Waals surface area contributed by atoms with Crippen LogP contribution in [0.2, 0.25) is 0 Å². The number of aliphatic hydroxyl groups is 1. The quantitative estimate of drug-likeness (QED) is 0.750. The first-order valence-corrected chi connectivity index (χ1v) is 5.74. The number of rotatable bonds is 4. The lowest BCUT2D eigenvalue weighted by atomic mass is 10.1. The Morgan fingerprint density at radius 2 is 2.29 bits per heavy atom. The van der Waals surface area contributed by atoms with Gasteiger partial charge < -0.3 is 15.4 Å². The van der Waals surface area contributed by atoms with E-state index in [1.54, 1.807) is 6.07 Å². The minimum absolute atomic E-state index is 0.0387. The van der Waals surface area contributed by atoms with Gasteiger partial charge in [0.15, 0.2) is 0 Å². The number of carbonyl (C=O) groups is 1. The standard InChI is InChI=1S/C13H16N2O2/c1-2-10(8-16)15-13(17)11-5-3-4-9-6-7-14-12(9)11/h3-7,10,14,16H,2,8H2,1H3,(H,15,17)/t10-/m0/s1. The topological polar surface area (TPSA) is 65.1 Å². The highest BCUT2D eigenvalue weighted by Gasteiger charge is 2.14. The van der Waals surface area contributed by atoms with Gasteiger partial charge >= 0.3 is 0 Å². The number of fused-ring (bicyclic) bond motifs is 1. The van der Waals surface area contributed by atoms with Gasteiger partial charge in [-0.25, -0.2) is 0 Å². The van der Waals surface area contributed by atoms with Gasteiger partial charge in [0.05, 0.1) is 23.7 Å². The fraction of sp³-hybridized carbons (Fsp3) is 0.308. The van der Waals surface area contributed by atoms with Gasteiger partial charge in [0.1, 0.15) is 0 Å². The molecule has 1 aromatic carbocycles. The molecular formula is C13H16N2O2. The third kappa shape index (κ3) is 2.31. The van der Waals surface area contributed by atoms with E-state index in [-0.39, 0.29) is 18.6 Å². The Kier molecular flexibility index (Phi) is 3.44. The third-order valence-electron chi connectivity index (χ3n) is 2.88. The Balaban J connectivity index is 2.27. The average molecular weight is 232 g/mol. The van der Waals surface area contributed by atoms with Crippen molar-refractivity contribution in [2.45, 2.75) is 19.4 Å². The molecule has 4 nitrogen and oxygen atoms in total. The molecule has 0 bridgehead atoms. The zero-order valence-electron chi connectivity index (χ0n) is 9.73. The van der Waals surface area contributed by atoms with Gasteiger partial charge in [0, 0.05) is 11.6 Å². The van der Waals surface area contributed by atoms with Crippen LogP contribution < -0.4 is 5.32 Å². The van der Waals surface area contributed by atoms with E-state index < -0.39 is 0 Å². The summed E-state index contributed by atoms with van der Waals surface area (Å²) in [4.78, 5) is 15.1. The van der Waals surface area contributed by atoms with Crippen LogP contribution in [0.3, 0.4) is 0 Å². The normalized spacial score (nSPS) is 12.6. The van der Waals surface area contributed by atoms with Crippen molar-refractivity contribution in [1.82, 2.24) is 10.3 Å². The second kappa shape index (κ2) is 5.01. The fourth-order valence-electron chi connectivity index (χ4n) is 1.81. The average Bonchev–Trinajstić information content (AvgIpc) is 2.83. The monoisotopic (exact) mass is 232 g/mol. The molecule has 1 atom stereocenters. The third-order valence-corrected chi connectivity index (χ3v) is 2.88. The predicted molar refractivity (Wildman–Crippen MR) is 66.9 cm³/mol. The van der Waals surface area contributed by atoms with E-state index in [1.807, 2.05) is 31.3 Å². The molecule has 1 heterocycles. The summed E-state index contributed by atoms with van der Waals surface area (Å²) in [7, 11) is 0. The smallest absolute Gasteiger partial charge is 0.253 e. The molecule has 0 aliphatic rings. The molecule has 1 amide bonds. The highest BCUT2D eigenvalue weighted by molar-refractivity contribution is 6.05. The summed E-state index contributed by atoms with van der Waals surface area (Å²) in [5, 5.41) is 12.9. The molecule has 0 saturated heterocycles. The lowest BCUT2D eigenvalue weighted by Crippen LogP contribution is -2.37. The molecule has 0 saturated carbocycles. The number of nitrogens with one attached hydrogen (secondary N) is 2. The van der Waals surface area contributed by atoms with Gasteiger partial charge in [0.2, 0.25) is 0 Å². The number of hydrogen-bond acceptors (Lipinski definition) is 2. The number of H-pyrrole nitrogens is 1. The molecule has 1 aromatic heterocycles. The lowest BCUT2D eigenvalue weighted by Gasteiger charge is -2.14. The fourth-order valence-corrected chi connectivity index (χ4v) is 1.81. The van der Waals surface area contributed by atoms with E-state index in [2.05, 4.69) is 10.3 Å². The van der Waals surface area contributed by atoms with E-state index >= 15 is 0 Å². The molecular weight excluding hydrogens is 216 g/mol. The highest BCUT2D eigenvalue weighted by Crippen LogP contribution is 2.16. The molecule has 0 aliphatic carbocycles. The lowest BCUT2D eigenvalue weighted by molar-refractivity contribution is 0.0916. The molecule has 17 heavy (non-hydrogen) atoms. The molecule has 0 fully saturated rings. The summed E-state index contributed by atoms with van der Waals surface area (Å²) in [6.45, 7) is 1.89. The van der Waals surface area contributed by atoms with Crippen LogP contribution in [-0.2, 0) is 0 Å². The first-order chi connectivity index (χ1) is 8.26.